The Morgan fingerprint density at radius 2 is 2.22 bits per heavy atom. The van der Waals surface area contributed by atoms with Crippen LogP contribution >= 0.6 is 0 Å². The lowest BCUT2D eigenvalue weighted by Gasteiger charge is -2.44. The summed E-state index contributed by atoms with van der Waals surface area (Å²) >= 11 is 0. The van der Waals surface area contributed by atoms with Crippen molar-refractivity contribution in [2.24, 2.45) is 0 Å². The molecule has 0 aliphatic carbocycles. The summed E-state index contributed by atoms with van der Waals surface area (Å²) in [4.78, 5) is 4.93. The molecular formula is C6H13BN2. The molecule has 0 N–H and O–H groups in total. The summed E-state index contributed by atoms with van der Waals surface area (Å²) in [5.41, 5.74) is 0. The molecule has 0 aromatic heterocycles. The summed E-state index contributed by atoms with van der Waals surface area (Å²) in [6.07, 6.45) is 1.39. The summed E-state index contributed by atoms with van der Waals surface area (Å²) in [5, 5.41) is 0. The fourth-order valence-electron chi connectivity index (χ4n) is 2.06. The third-order valence-electron chi connectivity index (χ3n) is 2.83. The normalized spacial score (nSPS) is 44.6. The van der Waals surface area contributed by atoms with E-state index < -0.39 is 0 Å². The van der Waals surface area contributed by atoms with Crippen LogP contribution in [0, 0.1) is 0 Å². The molecule has 2 unspecified atom stereocenters. The first-order valence-electron chi connectivity index (χ1n) is 3.69. The molecule has 2 heterocycles. The summed E-state index contributed by atoms with van der Waals surface area (Å²) in [5.74, 6) is 0. The van der Waals surface area contributed by atoms with Crippen molar-refractivity contribution in [2.75, 3.05) is 20.1 Å². The average molecular weight is 124 g/mol. The molecule has 0 aromatic rings. The molecule has 3 heteroatoms. The highest BCUT2D eigenvalue weighted by Gasteiger charge is 2.42. The Morgan fingerprint density at radius 3 is 2.67 bits per heavy atom. The maximum absolute atomic E-state index is 2.48. The highest BCUT2D eigenvalue weighted by Crippen LogP contribution is 2.28. The molecule has 2 rings (SSSR count). The molecule has 2 saturated heterocycles. The predicted octanol–water partition coefficient (Wildman–Crippen LogP) is -1.08. The van der Waals surface area contributed by atoms with Crippen LogP contribution in [0.5, 0.6) is 0 Å². The standard InChI is InChI=1S/C6H13BN2/c1-8-4-6-5(8)2-3-9(6)7/h5-6H,2-4,7H2,1H3. The summed E-state index contributed by atoms with van der Waals surface area (Å²) in [7, 11) is 4.46. The predicted molar refractivity (Wildman–Crippen MR) is 40.1 cm³/mol. The van der Waals surface area contributed by atoms with E-state index in [0.717, 1.165) is 12.1 Å². The van der Waals surface area contributed by atoms with Crippen molar-refractivity contribution in [1.82, 2.24) is 9.71 Å². The Labute approximate surface area is 57.2 Å². The van der Waals surface area contributed by atoms with Crippen molar-refractivity contribution in [3.05, 3.63) is 0 Å². The van der Waals surface area contributed by atoms with Gasteiger partial charge >= 0.3 is 0 Å². The monoisotopic (exact) mass is 124 g/mol. The van der Waals surface area contributed by atoms with Gasteiger partial charge in [0.2, 0.25) is 0 Å². The maximum Gasteiger partial charge on any atom is 0.185 e. The van der Waals surface area contributed by atoms with Crippen LogP contribution < -0.4 is 0 Å². The van der Waals surface area contributed by atoms with Gasteiger partial charge in [-0.05, 0) is 20.0 Å². The molecule has 0 spiro atoms. The molecule has 0 saturated carbocycles. The zero-order valence-corrected chi connectivity index (χ0v) is 6.17. The SMILES string of the molecule is BN1CCC2C1CN2C. The lowest BCUT2D eigenvalue weighted by atomic mass is 9.97. The van der Waals surface area contributed by atoms with Crippen molar-refractivity contribution in [3.8, 4) is 0 Å². The van der Waals surface area contributed by atoms with Crippen LogP contribution in [0.15, 0.2) is 0 Å². The van der Waals surface area contributed by atoms with Crippen LogP contribution in [0.4, 0.5) is 0 Å². The minimum atomic E-state index is 0.898. The number of likely N-dealkylation sites (tertiary alicyclic amines) is 1. The minimum Gasteiger partial charge on any atom is -0.344 e. The van der Waals surface area contributed by atoms with Crippen molar-refractivity contribution >= 4 is 7.98 Å². The van der Waals surface area contributed by atoms with E-state index >= 15 is 0 Å². The van der Waals surface area contributed by atoms with Crippen molar-refractivity contribution in [1.29, 1.82) is 0 Å². The van der Waals surface area contributed by atoms with E-state index in [0.29, 0.717) is 0 Å². The van der Waals surface area contributed by atoms with E-state index in [9.17, 15) is 0 Å². The first-order chi connectivity index (χ1) is 4.29. The van der Waals surface area contributed by atoms with Gasteiger partial charge in [-0.15, -0.1) is 0 Å². The van der Waals surface area contributed by atoms with E-state index in [1.807, 2.05) is 0 Å². The van der Waals surface area contributed by atoms with Gasteiger partial charge in [0, 0.05) is 18.6 Å². The van der Waals surface area contributed by atoms with Gasteiger partial charge in [-0.25, -0.2) is 0 Å². The molecule has 2 atom stereocenters. The fraction of sp³-hybridized carbons (Fsp3) is 1.00. The zero-order valence-electron chi connectivity index (χ0n) is 6.17. The van der Waals surface area contributed by atoms with Crippen molar-refractivity contribution < 1.29 is 0 Å². The zero-order chi connectivity index (χ0) is 6.43. The third kappa shape index (κ3) is 0.649. The molecular weight excluding hydrogens is 111 g/mol. The number of fused-ring (bicyclic) bond motifs is 1. The number of nitrogens with zero attached hydrogens (tertiary/aromatic N) is 2. The second-order valence-corrected chi connectivity index (χ2v) is 3.34. The van der Waals surface area contributed by atoms with Crippen molar-refractivity contribution in [2.45, 2.75) is 18.5 Å². The first kappa shape index (κ1) is 5.75. The van der Waals surface area contributed by atoms with E-state index in [1.165, 1.54) is 19.5 Å². The second kappa shape index (κ2) is 1.73. The quantitative estimate of drug-likeness (QED) is 0.379. The van der Waals surface area contributed by atoms with E-state index in [4.69, 9.17) is 0 Å². The van der Waals surface area contributed by atoms with Crippen LogP contribution in [0.2, 0.25) is 0 Å². The summed E-state index contributed by atoms with van der Waals surface area (Å²) in [6.45, 7) is 2.60. The molecule has 50 valence electrons. The topological polar surface area (TPSA) is 6.48 Å². The number of hydrogen-bond donors (Lipinski definition) is 0. The molecule has 0 radical (unpaired) electrons. The lowest BCUT2D eigenvalue weighted by molar-refractivity contribution is 0.0782. The lowest BCUT2D eigenvalue weighted by Crippen LogP contribution is -2.59. The Morgan fingerprint density at radius 1 is 1.44 bits per heavy atom. The van der Waals surface area contributed by atoms with Crippen LogP contribution in [-0.2, 0) is 0 Å². The van der Waals surface area contributed by atoms with Crippen LogP contribution in [0.1, 0.15) is 6.42 Å². The molecule has 2 aliphatic rings. The molecule has 2 fully saturated rings. The van der Waals surface area contributed by atoms with E-state index in [2.05, 4.69) is 24.7 Å². The second-order valence-electron chi connectivity index (χ2n) is 3.34. The Bertz CT molecular complexity index is 126. The Hall–Kier alpha value is -0.0151. The first-order valence-corrected chi connectivity index (χ1v) is 3.69. The van der Waals surface area contributed by atoms with E-state index in [-0.39, 0.29) is 0 Å². The Balaban J connectivity index is 2.03. The van der Waals surface area contributed by atoms with Gasteiger partial charge in [-0.2, -0.15) is 0 Å². The van der Waals surface area contributed by atoms with Gasteiger partial charge in [0.1, 0.15) is 0 Å². The number of likely N-dealkylation sites (N-methyl/N-ethyl adjacent to an activating group) is 1. The molecule has 9 heavy (non-hydrogen) atoms. The van der Waals surface area contributed by atoms with Crippen LogP contribution in [0.3, 0.4) is 0 Å². The van der Waals surface area contributed by atoms with Crippen molar-refractivity contribution in [3.63, 3.8) is 0 Å². The van der Waals surface area contributed by atoms with Crippen LogP contribution in [-0.4, -0.2) is 49.9 Å². The molecule has 0 bridgehead atoms. The van der Waals surface area contributed by atoms with Gasteiger partial charge in [-0.1, -0.05) is 0 Å². The van der Waals surface area contributed by atoms with Gasteiger partial charge in [0.05, 0.1) is 0 Å². The number of rotatable bonds is 0. The largest absolute Gasteiger partial charge is 0.344 e. The highest BCUT2D eigenvalue weighted by molar-refractivity contribution is 6.04. The highest BCUT2D eigenvalue weighted by atomic mass is 15.3. The Kier molecular flexibility index (Phi) is 1.11. The average Bonchev–Trinajstić information content (AvgIpc) is 2.07. The number of hydrogen-bond acceptors (Lipinski definition) is 2. The van der Waals surface area contributed by atoms with Gasteiger partial charge in [0.25, 0.3) is 0 Å². The van der Waals surface area contributed by atoms with Crippen LogP contribution in [0.25, 0.3) is 0 Å². The molecule has 0 amide bonds. The summed E-state index contributed by atoms with van der Waals surface area (Å²) in [6, 6.07) is 1.80. The maximum atomic E-state index is 2.48. The van der Waals surface area contributed by atoms with Gasteiger partial charge in [-0.3, -0.25) is 0 Å². The molecule has 2 nitrogen and oxygen atoms in total. The van der Waals surface area contributed by atoms with Gasteiger partial charge < -0.3 is 9.71 Å². The third-order valence-corrected chi connectivity index (χ3v) is 2.83. The molecule has 2 aliphatic heterocycles. The molecule has 0 aromatic carbocycles. The summed E-state index contributed by atoms with van der Waals surface area (Å²) < 4.78 is 0. The fourth-order valence-corrected chi connectivity index (χ4v) is 2.06. The minimum absolute atomic E-state index is 0.898. The van der Waals surface area contributed by atoms with Gasteiger partial charge in [0.15, 0.2) is 7.98 Å². The van der Waals surface area contributed by atoms with E-state index in [1.54, 1.807) is 0 Å². The smallest absolute Gasteiger partial charge is 0.185 e.